The zero-order chi connectivity index (χ0) is 15.4. The molecule has 6 nitrogen and oxygen atoms in total. The Morgan fingerprint density at radius 1 is 1.38 bits per heavy atom. The first-order valence-electron chi connectivity index (χ1n) is 6.42. The third kappa shape index (κ3) is 3.63. The number of benzene rings is 1. The maximum Gasteiger partial charge on any atom is 0.338 e. The van der Waals surface area contributed by atoms with E-state index in [0.717, 1.165) is 11.9 Å². The fourth-order valence-electron chi connectivity index (χ4n) is 1.73. The zero-order valence-corrected chi connectivity index (χ0v) is 12.5. The van der Waals surface area contributed by atoms with E-state index in [9.17, 15) is 14.7 Å². The second-order valence-corrected chi connectivity index (χ2v) is 5.35. The number of H-pyrrole nitrogens is 1. The fourth-order valence-corrected chi connectivity index (χ4v) is 2.70. The molecule has 0 bridgehead atoms. The van der Waals surface area contributed by atoms with Crippen LogP contribution in [0.3, 0.4) is 0 Å². The maximum atomic E-state index is 11.8. The lowest BCUT2D eigenvalue weighted by molar-refractivity contribution is -0.0996. The van der Waals surface area contributed by atoms with Crippen molar-refractivity contribution >= 4 is 11.9 Å². The van der Waals surface area contributed by atoms with Crippen LogP contribution in [0.5, 0.6) is 0 Å². The maximum absolute atomic E-state index is 11.8. The SMILES string of the molecule is CCOC(O)c1ccccc1Sn1cc(C)c(=O)[nH]c1=O. The van der Waals surface area contributed by atoms with Crippen LogP contribution in [-0.2, 0) is 4.74 Å². The molecule has 1 unspecified atom stereocenters. The molecule has 0 radical (unpaired) electrons. The Bertz CT molecular complexity index is 738. The van der Waals surface area contributed by atoms with Gasteiger partial charge in [-0.3, -0.25) is 9.78 Å². The monoisotopic (exact) mass is 308 g/mol. The molecule has 2 N–H and O–H groups in total. The Balaban J connectivity index is 2.38. The molecule has 1 aromatic heterocycles. The molecule has 7 heteroatoms. The van der Waals surface area contributed by atoms with Crippen molar-refractivity contribution in [2.24, 2.45) is 0 Å². The molecule has 21 heavy (non-hydrogen) atoms. The van der Waals surface area contributed by atoms with Crippen molar-refractivity contribution in [1.29, 1.82) is 0 Å². The molecule has 0 fully saturated rings. The Morgan fingerprint density at radius 2 is 2.10 bits per heavy atom. The van der Waals surface area contributed by atoms with Gasteiger partial charge in [-0.2, -0.15) is 0 Å². The van der Waals surface area contributed by atoms with E-state index in [1.54, 1.807) is 38.1 Å². The summed E-state index contributed by atoms with van der Waals surface area (Å²) in [6.45, 7) is 3.78. The summed E-state index contributed by atoms with van der Waals surface area (Å²) in [6, 6.07) is 7.08. The zero-order valence-electron chi connectivity index (χ0n) is 11.7. The lowest BCUT2D eigenvalue weighted by atomic mass is 10.2. The number of aromatic amines is 1. The highest BCUT2D eigenvalue weighted by Crippen LogP contribution is 2.28. The molecular formula is C14H16N2O4S. The Kier molecular flexibility index (Phi) is 5.00. The Hall–Kier alpha value is -1.83. The second kappa shape index (κ2) is 6.75. The molecule has 2 aromatic rings. The molecule has 2 rings (SSSR count). The molecule has 0 aliphatic carbocycles. The molecule has 0 spiro atoms. The van der Waals surface area contributed by atoms with Crippen molar-refractivity contribution in [2.75, 3.05) is 6.61 Å². The molecule has 1 heterocycles. The van der Waals surface area contributed by atoms with Gasteiger partial charge in [-0.05, 0) is 31.9 Å². The summed E-state index contributed by atoms with van der Waals surface area (Å²) in [5.74, 6) is 0. The number of hydrogen-bond donors (Lipinski definition) is 2. The molecule has 0 aliphatic rings. The highest BCUT2D eigenvalue weighted by molar-refractivity contribution is 7.97. The van der Waals surface area contributed by atoms with Gasteiger partial charge in [0.25, 0.3) is 5.56 Å². The number of aliphatic hydroxyl groups excluding tert-OH is 1. The van der Waals surface area contributed by atoms with Crippen molar-refractivity contribution < 1.29 is 9.84 Å². The van der Waals surface area contributed by atoms with Gasteiger partial charge >= 0.3 is 5.69 Å². The van der Waals surface area contributed by atoms with Gasteiger partial charge in [0.1, 0.15) is 0 Å². The van der Waals surface area contributed by atoms with E-state index < -0.39 is 17.5 Å². The minimum Gasteiger partial charge on any atom is -0.364 e. The third-order valence-corrected chi connectivity index (χ3v) is 3.83. The quantitative estimate of drug-likeness (QED) is 0.816. The van der Waals surface area contributed by atoms with Crippen LogP contribution >= 0.6 is 11.9 Å². The predicted octanol–water partition coefficient (Wildman–Crippen LogP) is 1.43. The number of aromatic nitrogens is 2. The highest BCUT2D eigenvalue weighted by atomic mass is 32.2. The van der Waals surface area contributed by atoms with Gasteiger partial charge in [0.2, 0.25) is 0 Å². The van der Waals surface area contributed by atoms with Gasteiger partial charge in [0.05, 0.1) is 0 Å². The van der Waals surface area contributed by atoms with Crippen LogP contribution in [0, 0.1) is 6.92 Å². The minimum atomic E-state index is -1.06. The summed E-state index contributed by atoms with van der Waals surface area (Å²) in [7, 11) is 0. The largest absolute Gasteiger partial charge is 0.364 e. The smallest absolute Gasteiger partial charge is 0.338 e. The topological polar surface area (TPSA) is 84.3 Å². The third-order valence-electron chi connectivity index (χ3n) is 2.80. The lowest BCUT2D eigenvalue weighted by Crippen LogP contribution is -2.28. The number of aliphatic hydroxyl groups is 1. The number of aryl methyl sites for hydroxylation is 1. The predicted molar refractivity (Wildman–Crippen MR) is 80.3 cm³/mol. The lowest BCUT2D eigenvalue weighted by Gasteiger charge is -2.15. The fraction of sp³-hybridized carbons (Fsp3) is 0.286. The Morgan fingerprint density at radius 3 is 2.81 bits per heavy atom. The van der Waals surface area contributed by atoms with Gasteiger partial charge in [0, 0.05) is 28.8 Å². The summed E-state index contributed by atoms with van der Waals surface area (Å²) < 4.78 is 6.49. The summed E-state index contributed by atoms with van der Waals surface area (Å²) in [4.78, 5) is 26.1. The van der Waals surface area contributed by atoms with Crippen LogP contribution in [0.4, 0.5) is 0 Å². The molecule has 112 valence electrons. The number of rotatable bonds is 5. The van der Waals surface area contributed by atoms with E-state index in [4.69, 9.17) is 4.74 Å². The van der Waals surface area contributed by atoms with Crippen LogP contribution in [0.1, 0.15) is 24.3 Å². The first kappa shape index (κ1) is 15.6. The van der Waals surface area contributed by atoms with E-state index in [1.165, 1.54) is 10.2 Å². The van der Waals surface area contributed by atoms with Gasteiger partial charge in [-0.15, -0.1) is 0 Å². The Labute approximate surface area is 125 Å². The molecule has 0 saturated carbocycles. The van der Waals surface area contributed by atoms with E-state index in [2.05, 4.69) is 4.98 Å². The van der Waals surface area contributed by atoms with Crippen LogP contribution in [0.25, 0.3) is 0 Å². The highest BCUT2D eigenvalue weighted by Gasteiger charge is 2.13. The van der Waals surface area contributed by atoms with Gasteiger partial charge in [-0.1, -0.05) is 18.2 Å². The molecule has 1 atom stereocenters. The summed E-state index contributed by atoms with van der Waals surface area (Å²) in [6.07, 6.45) is 0.411. The summed E-state index contributed by atoms with van der Waals surface area (Å²) in [5, 5.41) is 9.97. The summed E-state index contributed by atoms with van der Waals surface area (Å²) >= 11 is 1.11. The number of ether oxygens (including phenoxy) is 1. The molecule has 0 amide bonds. The minimum absolute atomic E-state index is 0.373. The molecule has 0 aliphatic heterocycles. The molecular weight excluding hydrogens is 292 g/mol. The van der Waals surface area contributed by atoms with Crippen LogP contribution in [0.2, 0.25) is 0 Å². The normalized spacial score (nSPS) is 12.3. The number of hydrogen-bond acceptors (Lipinski definition) is 5. The molecule has 1 aromatic carbocycles. The van der Waals surface area contributed by atoms with Gasteiger partial charge in [0.15, 0.2) is 6.29 Å². The van der Waals surface area contributed by atoms with Gasteiger partial charge < -0.3 is 9.84 Å². The van der Waals surface area contributed by atoms with E-state index in [-0.39, 0.29) is 0 Å². The van der Waals surface area contributed by atoms with E-state index in [1.807, 2.05) is 0 Å². The van der Waals surface area contributed by atoms with Crippen LogP contribution in [-0.4, -0.2) is 20.7 Å². The molecule has 0 saturated heterocycles. The van der Waals surface area contributed by atoms with Gasteiger partial charge in [-0.25, -0.2) is 8.77 Å². The summed E-state index contributed by atoms with van der Waals surface area (Å²) in [5.41, 5.74) is 0.0841. The van der Waals surface area contributed by atoms with Crippen molar-refractivity contribution in [1.82, 2.24) is 8.96 Å². The number of nitrogens with zero attached hydrogens (tertiary/aromatic N) is 1. The van der Waals surface area contributed by atoms with Crippen molar-refractivity contribution in [3.05, 3.63) is 62.4 Å². The standard InChI is InChI=1S/C14H16N2O4S/c1-3-20-13(18)10-6-4-5-7-11(10)21-16-8-9(2)12(17)15-14(16)19/h4-8,13,18H,3H2,1-2H3,(H,15,17,19). The van der Waals surface area contributed by atoms with Crippen molar-refractivity contribution in [2.45, 2.75) is 25.0 Å². The number of nitrogens with one attached hydrogen (secondary N) is 1. The first-order chi connectivity index (χ1) is 10.0. The van der Waals surface area contributed by atoms with E-state index in [0.29, 0.717) is 22.6 Å². The average molecular weight is 308 g/mol. The van der Waals surface area contributed by atoms with E-state index >= 15 is 0 Å². The average Bonchev–Trinajstić information content (AvgIpc) is 2.45. The van der Waals surface area contributed by atoms with Crippen LogP contribution < -0.4 is 11.2 Å². The second-order valence-electron chi connectivity index (χ2n) is 4.33. The van der Waals surface area contributed by atoms with Crippen LogP contribution in [0.15, 0.2) is 44.9 Å². The van der Waals surface area contributed by atoms with Crippen molar-refractivity contribution in [3.63, 3.8) is 0 Å². The van der Waals surface area contributed by atoms with Crippen molar-refractivity contribution in [3.8, 4) is 0 Å². The first-order valence-corrected chi connectivity index (χ1v) is 7.19.